The molecule has 1 amide bonds. The molecule has 1 aromatic heterocycles. The summed E-state index contributed by atoms with van der Waals surface area (Å²) < 4.78 is 0. The van der Waals surface area contributed by atoms with Crippen molar-refractivity contribution < 1.29 is 4.79 Å². The maximum atomic E-state index is 13.1. The number of aryl methyl sites for hydroxylation is 2. The van der Waals surface area contributed by atoms with Crippen LogP contribution in [0, 0.1) is 6.92 Å². The second-order valence-corrected chi connectivity index (χ2v) is 7.95. The maximum Gasteiger partial charge on any atom is 0.223 e. The first-order valence-electron chi connectivity index (χ1n) is 9.01. The van der Waals surface area contributed by atoms with E-state index in [1.54, 1.807) is 11.3 Å². The lowest BCUT2D eigenvalue weighted by atomic mass is 9.95. The Bertz CT molecular complexity index is 739. The van der Waals surface area contributed by atoms with E-state index in [-0.39, 0.29) is 6.04 Å². The molecule has 2 aliphatic rings. The number of hydrogen-bond donors (Lipinski definition) is 0. The van der Waals surface area contributed by atoms with Crippen molar-refractivity contribution in [3.05, 3.63) is 51.5 Å². The third kappa shape index (κ3) is 3.00. The summed E-state index contributed by atoms with van der Waals surface area (Å²) in [7, 11) is 0. The second kappa shape index (κ2) is 6.67. The van der Waals surface area contributed by atoms with Gasteiger partial charge in [-0.15, -0.1) is 11.3 Å². The average Bonchev–Trinajstić information content (AvgIpc) is 3.22. The van der Waals surface area contributed by atoms with Crippen LogP contribution in [0.2, 0.25) is 0 Å². The summed E-state index contributed by atoms with van der Waals surface area (Å²) >= 11 is 1.70. The third-order valence-electron chi connectivity index (χ3n) is 5.42. The van der Waals surface area contributed by atoms with Gasteiger partial charge in [0.1, 0.15) is 5.01 Å². The highest BCUT2D eigenvalue weighted by atomic mass is 32.1. The Morgan fingerprint density at radius 3 is 3.00 bits per heavy atom. The van der Waals surface area contributed by atoms with Gasteiger partial charge >= 0.3 is 0 Å². The standard InChI is InChI=1S/C20H24N2OS/c1-14-13-24-20(21-14)18-8-4-5-11-22(18)19(23)12-16-10-9-15-6-2-3-7-17(15)16/h2-3,6-7,13,16,18H,4-5,8-12H2,1H3/t16-,18+/m0/s1. The lowest BCUT2D eigenvalue weighted by Gasteiger charge is -2.35. The van der Waals surface area contributed by atoms with Crippen molar-refractivity contribution in [2.45, 2.75) is 57.4 Å². The van der Waals surface area contributed by atoms with Crippen molar-refractivity contribution in [2.24, 2.45) is 0 Å². The van der Waals surface area contributed by atoms with E-state index in [0.29, 0.717) is 18.2 Å². The Morgan fingerprint density at radius 2 is 2.17 bits per heavy atom. The lowest BCUT2D eigenvalue weighted by molar-refractivity contribution is -0.135. The average molecular weight is 340 g/mol. The number of rotatable bonds is 3. The molecular weight excluding hydrogens is 316 g/mol. The second-order valence-electron chi connectivity index (χ2n) is 7.06. The first-order chi connectivity index (χ1) is 11.7. The molecule has 0 spiro atoms. The van der Waals surface area contributed by atoms with Gasteiger partial charge in [-0.05, 0) is 56.1 Å². The van der Waals surface area contributed by atoms with E-state index in [1.807, 2.05) is 6.92 Å². The fourth-order valence-corrected chi connectivity index (χ4v) is 5.14. The number of carbonyl (C=O) groups is 1. The van der Waals surface area contributed by atoms with Crippen LogP contribution in [0.4, 0.5) is 0 Å². The van der Waals surface area contributed by atoms with Crippen molar-refractivity contribution in [1.82, 2.24) is 9.88 Å². The number of thiazole rings is 1. The van der Waals surface area contributed by atoms with E-state index in [1.165, 1.54) is 17.5 Å². The number of amides is 1. The van der Waals surface area contributed by atoms with Crippen LogP contribution in [0.5, 0.6) is 0 Å². The summed E-state index contributed by atoms with van der Waals surface area (Å²) in [5.41, 5.74) is 3.89. The largest absolute Gasteiger partial charge is 0.333 e. The molecule has 1 saturated heterocycles. The molecule has 3 nitrogen and oxygen atoms in total. The van der Waals surface area contributed by atoms with Crippen molar-refractivity contribution >= 4 is 17.2 Å². The summed E-state index contributed by atoms with van der Waals surface area (Å²) in [6.07, 6.45) is 6.24. The smallest absolute Gasteiger partial charge is 0.223 e. The number of hydrogen-bond acceptors (Lipinski definition) is 3. The third-order valence-corrected chi connectivity index (χ3v) is 6.49. The highest BCUT2D eigenvalue weighted by molar-refractivity contribution is 7.09. The van der Waals surface area contributed by atoms with Gasteiger partial charge < -0.3 is 4.90 Å². The zero-order chi connectivity index (χ0) is 16.5. The highest BCUT2D eigenvalue weighted by Crippen LogP contribution is 2.38. The van der Waals surface area contributed by atoms with Crippen LogP contribution in [-0.2, 0) is 11.2 Å². The Labute approximate surface area is 147 Å². The van der Waals surface area contributed by atoms with E-state index in [0.717, 1.165) is 42.9 Å². The topological polar surface area (TPSA) is 33.2 Å². The fourth-order valence-electron chi connectivity index (χ4n) is 4.20. The number of piperidine rings is 1. The monoisotopic (exact) mass is 340 g/mol. The number of carbonyl (C=O) groups excluding carboxylic acids is 1. The molecule has 24 heavy (non-hydrogen) atoms. The van der Waals surface area contributed by atoms with Crippen LogP contribution < -0.4 is 0 Å². The van der Waals surface area contributed by atoms with E-state index >= 15 is 0 Å². The molecule has 2 aromatic rings. The maximum absolute atomic E-state index is 13.1. The Balaban J connectivity index is 1.50. The first-order valence-corrected chi connectivity index (χ1v) is 9.89. The minimum atomic E-state index is 0.196. The molecular formula is C20H24N2OS. The van der Waals surface area contributed by atoms with Crippen LogP contribution in [0.1, 0.15) is 65.9 Å². The van der Waals surface area contributed by atoms with E-state index < -0.39 is 0 Å². The molecule has 0 bridgehead atoms. The molecule has 0 radical (unpaired) electrons. The zero-order valence-corrected chi connectivity index (χ0v) is 15.0. The SMILES string of the molecule is Cc1csc([C@H]2CCCCN2C(=O)C[C@@H]2CCc3ccccc32)n1. The van der Waals surface area contributed by atoms with Gasteiger partial charge in [-0.1, -0.05) is 24.3 Å². The Morgan fingerprint density at radius 1 is 1.29 bits per heavy atom. The number of aromatic nitrogens is 1. The first kappa shape index (κ1) is 15.8. The molecule has 2 atom stereocenters. The molecule has 4 heteroatoms. The molecule has 1 fully saturated rings. The van der Waals surface area contributed by atoms with Gasteiger partial charge in [0, 0.05) is 24.0 Å². The van der Waals surface area contributed by atoms with Crippen molar-refractivity contribution in [3.63, 3.8) is 0 Å². The number of fused-ring (bicyclic) bond motifs is 1. The molecule has 1 aliphatic heterocycles. The fraction of sp³-hybridized carbons (Fsp3) is 0.500. The van der Waals surface area contributed by atoms with Gasteiger partial charge in [0.2, 0.25) is 5.91 Å². The minimum Gasteiger partial charge on any atom is -0.333 e. The summed E-state index contributed by atoms with van der Waals surface area (Å²) in [6, 6.07) is 8.82. The molecule has 1 aromatic carbocycles. The van der Waals surface area contributed by atoms with Gasteiger partial charge in [-0.2, -0.15) is 0 Å². The van der Waals surface area contributed by atoms with Crippen LogP contribution in [0.3, 0.4) is 0 Å². The number of nitrogens with zero attached hydrogens (tertiary/aromatic N) is 2. The number of benzene rings is 1. The Hall–Kier alpha value is -1.68. The Kier molecular flexibility index (Phi) is 4.40. The van der Waals surface area contributed by atoms with Crippen LogP contribution in [0.25, 0.3) is 0 Å². The van der Waals surface area contributed by atoms with Crippen LogP contribution >= 0.6 is 11.3 Å². The summed E-state index contributed by atoms with van der Waals surface area (Å²) in [6.45, 7) is 2.92. The van der Waals surface area contributed by atoms with Gasteiger partial charge in [-0.25, -0.2) is 4.98 Å². The van der Waals surface area contributed by atoms with Gasteiger partial charge in [0.25, 0.3) is 0 Å². The number of likely N-dealkylation sites (tertiary alicyclic amines) is 1. The summed E-state index contributed by atoms with van der Waals surface area (Å²) in [5.74, 6) is 0.712. The predicted octanol–water partition coefficient (Wildman–Crippen LogP) is 4.63. The summed E-state index contributed by atoms with van der Waals surface area (Å²) in [5, 5.41) is 3.21. The quantitative estimate of drug-likeness (QED) is 0.816. The van der Waals surface area contributed by atoms with E-state index in [9.17, 15) is 4.79 Å². The molecule has 126 valence electrons. The molecule has 0 saturated carbocycles. The summed E-state index contributed by atoms with van der Waals surface area (Å²) in [4.78, 5) is 19.8. The van der Waals surface area contributed by atoms with Crippen LogP contribution in [-0.4, -0.2) is 22.3 Å². The minimum absolute atomic E-state index is 0.196. The van der Waals surface area contributed by atoms with Crippen molar-refractivity contribution in [2.75, 3.05) is 6.54 Å². The van der Waals surface area contributed by atoms with Gasteiger partial charge in [0.15, 0.2) is 0 Å². The molecule has 4 rings (SSSR count). The molecule has 2 heterocycles. The zero-order valence-electron chi connectivity index (χ0n) is 14.2. The predicted molar refractivity (Wildman–Crippen MR) is 97.3 cm³/mol. The molecule has 0 unspecified atom stereocenters. The normalized spacial score (nSPS) is 23.3. The molecule has 1 aliphatic carbocycles. The molecule has 0 N–H and O–H groups in total. The van der Waals surface area contributed by atoms with E-state index in [4.69, 9.17) is 0 Å². The van der Waals surface area contributed by atoms with Gasteiger partial charge in [-0.3, -0.25) is 4.79 Å². The highest BCUT2D eigenvalue weighted by Gasteiger charge is 2.32. The van der Waals surface area contributed by atoms with Crippen LogP contribution in [0.15, 0.2) is 29.6 Å². The van der Waals surface area contributed by atoms with E-state index in [2.05, 4.69) is 39.5 Å². The van der Waals surface area contributed by atoms with Crippen molar-refractivity contribution in [3.8, 4) is 0 Å². The van der Waals surface area contributed by atoms with Gasteiger partial charge in [0.05, 0.1) is 6.04 Å². The lowest BCUT2D eigenvalue weighted by Crippen LogP contribution is -2.39. The van der Waals surface area contributed by atoms with Crippen molar-refractivity contribution in [1.29, 1.82) is 0 Å².